The van der Waals surface area contributed by atoms with Crippen molar-refractivity contribution in [3.05, 3.63) is 34.9 Å². The monoisotopic (exact) mass is 317 g/mol. The van der Waals surface area contributed by atoms with Crippen LogP contribution in [0.5, 0.6) is 0 Å². The predicted octanol–water partition coefficient (Wildman–Crippen LogP) is 1.46. The molecule has 0 aliphatic heterocycles. The van der Waals surface area contributed by atoms with Crippen molar-refractivity contribution >= 4 is 33.1 Å². The second kappa shape index (κ2) is 7.40. The van der Waals surface area contributed by atoms with Crippen LogP contribution in [0, 0.1) is 0 Å². The lowest BCUT2D eigenvalue weighted by atomic mass is 10.1. The number of hydrogen-bond donors (Lipinski definition) is 1. The number of halogens is 1. The molecule has 0 aliphatic carbocycles. The van der Waals surface area contributed by atoms with E-state index >= 15 is 0 Å². The Kier molecular flexibility index (Phi) is 6.16. The molecule has 0 radical (unpaired) electrons. The lowest BCUT2D eigenvalue weighted by molar-refractivity contribution is -0.120. The van der Waals surface area contributed by atoms with Crippen molar-refractivity contribution in [3.63, 3.8) is 0 Å². The standard InChI is InChI=1S/C13H16ClNO4S/c1-20(18,19)9-8-15-13(17)7-6-12(16)10-4-2-3-5-11(10)14/h2-5H,6-9H2,1H3,(H,15,17). The Morgan fingerprint density at radius 1 is 1.20 bits per heavy atom. The minimum Gasteiger partial charge on any atom is -0.355 e. The number of carbonyl (C=O) groups excluding carboxylic acids is 2. The van der Waals surface area contributed by atoms with Crippen LogP contribution in [-0.2, 0) is 14.6 Å². The number of nitrogens with one attached hydrogen (secondary N) is 1. The van der Waals surface area contributed by atoms with Gasteiger partial charge in [-0.2, -0.15) is 0 Å². The first kappa shape index (κ1) is 16.7. The van der Waals surface area contributed by atoms with Gasteiger partial charge < -0.3 is 5.32 Å². The maximum Gasteiger partial charge on any atom is 0.220 e. The molecule has 1 amide bonds. The average Bonchev–Trinajstić information content (AvgIpc) is 2.35. The summed E-state index contributed by atoms with van der Waals surface area (Å²) < 4.78 is 21.8. The van der Waals surface area contributed by atoms with Gasteiger partial charge in [-0.3, -0.25) is 9.59 Å². The Labute approximate surface area is 123 Å². The van der Waals surface area contributed by atoms with Crippen molar-refractivity contribution in [2.45, 2.75) is 12.8 Å². The van der Waals surface area contributed by atoms with Gasteiger partial charge in [0, 0.05) is 31.2 Å². The summed E-state index contributed by atoms with van der Waals surface area (Å²) in [6.07, 6.45) is 1.14. The SMILES string of the molecule is CS(=O)(=O)CCNC(=O)CCC(=O)c1ccccc1Cl. The van der Waals surface area contributed by atoms with Crippen molar-refractivity contribution in [1.82, 2.24) is 5.32 Å². The van der Waals surface area contributed by atoms with Gasteiger partial charge in [0.2, 0.25) is 5.91 Å². The molecule has 0 heterocycles. The minimum absolute atomic E-state index is 0.00776. The van der Waals surface area contributed by atoms with Crippen molar-refractivity contribution in [2.75, 3.05) is 18.6 Å². The fourth-order valence-corrected chi connectivity index (χ4v) is 2.23. The van der Waals surface area contributed by atoms with Gasteiger partial charge in [0.05, 0.1) is 10.8 Å². The number of Topliss-reactive ketones (excluding diaryl/α,β-unsaturated/α-hetero) is 1. The van der Waals surface area contributed by atoms with Crippen LogP contribution in [0.3, 0.4) is 0 Å². The predicted molar refractivity (Wildman–Crippen MR) is 77.7 cm³/mol. The number of rotatable bonds is 7. The molecule has 110 valence electrons. The summed E-state index contributed by atoms with van der Waals surface area (Å²) in [4.78, 5) is 23.3. The first-order chi connectivity index (χ1) is 9.29. The zero-order valence-corrected chi connectivity index (χ0v) is 12.6. The van der Waals surface area contributed by atoms with E-state index in [4.69, 9.17) is 11.6 Å². The van der Waals surface area contributed by atoms with Crippen molar-refractivity contribution in [3.8, 4) is 0 Å². The quantitative estimate of drug-likeness (QED) is 0.772. The molecule has 7 heteroatoms. The third-order valence-electron chi connectivity index (χ3n) is 2.55. The van der Waals surface area contributed by atoms with E-state index in [0.29, 0.717) is 10.6 Å². The summed E-state index contributed by atoms with van der Waals surface area (Å²) in [6, 6.07) is 6.63. The fourth-order valence-electron chi connectivity index (χ4n) is 1.51. The van der Waals surface area contributed by atoms with E-state index in [-0.39, 0.29) is 36.8 Å². The van der Waals surface area contributed by atoms with E-state index in [1.165, 1.54) is 0 Å². The molecule has 0 saturated carbocycles. The fraction of sp³-hybridized carbons (Fsp3) is 0.385. The van der Waals surface area contributed by atoms with E-state index < -0.39 is 9.84 Å². The van der Waals surface area contributed by atoms with Crippen molar-refractivity contribution in [1.29, 1.82) is 0 Å². The van der Waals surface area contributed by atoms with Crippen molar-refractivity contribution < 1.29 is 18.0 Å². The van der Waals surface area contributed by atoms with Gasteiger partial charge in [0.15, 0.2) is 5.78 Å². The van der Waals surface area contributed by atoms with Crippen molar-refractivity contribution in [2.24, 2.45) is 0 Å². The van der Waals surface area contributed by atoms with Crippen LogP contribution < -0.4 is 5.32 Å². The van der Waals surface area contributed by atoms with Gasteiger partial charge in [-0.15, -0.1) is 0 Å². The van der Waals surface area contributed by atoms with Gasteiger partial charge in [0.1, 0.15) is 9.84 Å². The topological polar surface area (TPSA) is 80.3 Å². The molecule has 5 nitrogen and oxygen atoms in total. The molecular formula is C13H16ClNO4S. The summed E-state index contributed by atoms with van der Waals surface area (Å²) in [5.74, 6) is -0.681. The normalized spacial score (nSPS) is 11.1. The van der Waals surface area contributed by atoms with Gasteiger partial charge in [0.25, 0.3) is 0 Å². The zero-order valence-electron chi connectivity index (χ0n) is 11.1. The second-order valence-corrected chi connectivity index (χ2v) is 7.05. The highest BCUT2D eigenvalue weighted by molar-refractivity contribution is 7.90. The molecule has 0 atom stereocenters. The molecule has 0 fully saturated rings. The number of carbonyl (C=O) groups is 2. The third kappa shape index (κ3) is 6.16. The van der Waals surface area contributed by atoms with E-state index in [2.05, 4.69) is 5.32 Å². The van der Waals surface area contributed by atoms with E-state index in [1.807, 2.05) is 0 Å². The van der Waals surface area contributed by atoms with E-state index in [1.54, 1.807) is 24.3 Å². The molecule has 20 heavy (non-hydrogen) atoms. The summed E-state index contributed by atoms with van der Waals surface area (Å²) in [6.45, 7) is 0.0535. The summed E-state index contributed by atoms with van der Waals surface area (Å²) in [5, 5.41) is 2.81. The van der Waals surface area contributed by atoms with Crippen LogP contribution in [-0.4, -0.2) is 38.7 Å². The number of amides is 1. The summed E-state index contributed by atoms with van der Waals surface area (Å²) in [5.41, 5.74) is 0.387. The van der Waals surface area contributed by atoms with Crippen LogP contribution >= 0.6 is 11.6 Å². The molecule has 0 aliphatic rings. The Hall–Kier alpha value is -1.40. The molecule has 0 saturated heterocycles. The highest BCUT2D eigenvalue weighted by Gasteiger charge is 2.12. The number of benzene rings is 1. The Balaban J connectivity index is 2.38. The largest absolute Gasteiger partial charge is 0.355 e. The molecular weight excluding hydrogens is 302 g/mol. The number of sulfone groups is 1. The number of hydrogen-bond acceptors (Lipinski definition) is 4. The Morgan fingerprint density at radius 2 is 1.85 bits per heavy atom. The Bertz CT molecular complexity index is 598. The molecule has 1 aromatic rings. The molecule has 0 unspecified atom stereocenters. The lowest BCUT2D eigenvalue weighted by Crippen LogP contribution is -2.29. The van der Waals surface area contributed by atoms with Crippen LogP contribution in [0.25, 0.3) is 0 Å². The summed E-state index contributed by atoms with van der Waals surface area (Å²) in [7, 11) is -3.10. The van der Waals surface area contributed by atoms with E-state index in [0.717, 1.165) is 6.26 Å². The Morgan fingerprint density at radius 3 is 2.45 bits per heavy atom. The third-order valence-corrected chi connectivity index (χ3v) is 3.82. The molecule has 1 aromatic carbocycles. The smallest absolute Gasteiger partial charge is 0.220 e. The lowest BCUT2D eigenvalue weighted by Gasteiger charge is -2.05. The zero-order chi connectivity index (χ0) is 15.2. The maximum atomic E-state index is 11.8. The number of ketones is 1. The highest BCUT2D eigenvalue weighted by Crippen LogP contribution is 2.17. The van der Waals surface area contributed by atoms with Crippen LogP contribution in [0.2, 0.25) is 5.02 Å². The summed E-state index contributed by atoms with van der Waals surface area (Å²) >= 11 is 5.88. The second-order valence-electron chi connectivity index (χ2n) is 4.38. The molecule has 0 aromatic heterocycles. The average molecular weight is 318 g/mol. The first-order valence-electron chi connectivity index (χ1n) is 6.02. The molecule has 1 rings (SSSR count). The van der Waals surface area contributed by atoms with Gasteiger partial charge in [-0.1, -0.05) is 23.7 Å². The highest BCUT2D eigenvalue weighted by atomic mass is 35.5. The molecule has 0 spiro atoms. The van der Waals surface area contributed by atoms with Gasteiger partial charge in [-0.05, 0) is 12.1 Å². The van der Waals surface area contributed by atoms with Gasteiger partial charge >= 0.3 is 0 Å². The van der Waals surface area contributed by atoms with Gasteiger partial charge in [-0.25, -0.2) is 8.42 Å². The molecule has 0 bridgehead atoms. The molecule has 1 N–H and O–H groups in total. The maximum absolute atomic E-state index is 11.8. The van der Waals surface area contributed by atoms with E-state index in [9.17, 15) is 18.0 Å². The minimum atomic E-state index is -3.10. The van der Waals surface area contributed by atoms with Crippen LogP contribution in [0.4, 0.5) is 0 Å². The van der Waals surface area contributed by atoms with Crippen LogP contribution in [0.1, 0.15) is 23.2 Å². The first-order valence-corrected chi connectivity index (χ1v) is 8.45. The van der Waals surface area contributed by atoms with Crippen LogP contribution in [0.15, 0.2) is 24.3 Å².